The zero-order valence-corrected chi connectivity index (χ0v) is 20.1. The van der Waals surface area contributed by atoms with Crippen LogP contribution in [0.2, 0.25) is 0 Å². The molecule has 1 amide bonds. The van der Waals surface area contributed by atoms with E-state index in [1.165, 1.54) is 34.9 Å². The van der Waals surface area contributed by atoms with Crippen LogP contribution >= 0.6 is 12.2 Å². The number of nitrogens with zero attached hydrogens (tertiary/aromatic N) is 5. The number of aromatic nitrogens is 3. The third-order valence-corrected chi connectivity index (χ3v) is 6.64. The number of hydrogen-bond acceptors (Lipinski definition) is 6. The highest BCUT2D eigenvalue weighted by molar-refractivity contribution is 7.80. The van der Waals surface area contributed by atoms with Gasteiger partial charge in [-0.3, -0.25) is 4.90 Å². The molecule has 0 bridgehead atoms. The SMILES string of the molecule is O=C1O[C@H](CNC(=S)NCCN2CCCCC2)CN1c1ccc(-n2nnc3ccccc32)c(F)c1. The Balaban J connectivity index is 1.14. The standard InChI is InChI=1S/C24H28FN7O2S/c25-19-14-17(8-9-21(19)32-22-7-3-2-6-20(22)28-29-32)31-16-18(34-24(31)33)15-27-23(35)26-10-13-30-11-4-1-5-12-30/h2-3,6-9,14,18H,1,4-5,10-13,15-16H2,(H2,26,27,35)/t18-/m1/s1. The van der Waals surface area contributed by atoms with Crippen LogP contribution in [-0.4, -0.2) is 76.5 Å². The van der Waals surface area contributed by atoms with Gasteiger partial charge >= 0.3 is 6.09 Å². The number of piperidine rings is 1. The number of thiocarbonyl (C=S) groups is 1. The van der Waals surface area contributed by atoms with Gasteiger partial charge in [0.25, 0.3) is 0 Å². The van der Waals surface area contributed by atoms with Crippen LogP contribution in [0.4, 0.5) is 14.9 Å². The van der Waals surface area contributed by atoms with E-state index >= 15 is 4.39 Å². The van der Waals surface area contributed by atoms with Crippen LogP contribution in [-0.2, 0) is 4.74 Å². The molecule has 3 aromatic rings. The summed E-state index contributed by atoms with van der Waals surface area (Å²) in [6, 6.07) is 11.9. The third kappa shape index (κ3) is 5.35. The highest BCUT2D eigenvalue weighted by Crippen LogP contribution is 2.26. The molecule has 2 saturated heterocycles. The molecule has 0 unspecified atom stereocenters. The quantitative estimate of drug-likeness (QED) is 0.482. The zero-order chi connectivity index (χ0) is 24.2. The van der Waals surface area contributed by atoms with E-state index in [0.717, 1.165) is 26.2 Å². The van der Waals surface area contributed by atoms with Crippen LogP contribution in [0.25, 0.3) is 16.7 Å². The minimum atomic E-state index is -0.515. The van der Waals surface area contributed by atoms with Crippen molar-refractivity contribution in [3.8, 4) is 5.69 Å². The normalized spacial score (nSPS) is 18.6. The molecule has 2 aliphatic heterocycles. The smallest absolute Gasteiger partial charge is 0.414 e. The highest BCUT2D eigenvalue weighted by Gasteiger charge is 2.33. The predicted octanol–water partition coefficient (Wildman–Crippen LogP) is 2.83. The number of nitrogens with one attached hydrogen (secondary N) is 2. The van der Waals surface area contributed by atoms with E-state index in [9.17, 15) is 4.79 Å². The Bertz CT molecular complexity index is 1210. The summed E-state index contributed by atoms with van der Waals surface area (Å²) >= 11 is 5.35. The van der Waals surface area contributed by atoms with E-state index < -0.39 is 18.0 Å². The van der Waals surface area contributed by atoms with Gasteiger partial charge < -0.3 is 20.3 Å². The second kappa shape index (κ2) is 10.5. The van der Waals surface area contributed by atoms with E-state index in [1.807, 2.05) is 24.3 Å². The molecule has 5 rings (SSSR count). The molecule has 0 spiro atoms. The van der Waals surface area contributed by atoms with E-state index in [-0.39, 0.29) is 5.69 Å². The number of carbonyl (C=O) groups is 1. The van der Waals surface area contributed by atoms with Crippen molar-refractivity contribution >= 4 is 40.1 Å². The number of ether oxygens (including phenoxy) is 1. The van der Waals surface area contributed by atoms with Gasteiger partial charge in [0.05, 0.1) is 24.3 Å². The lowest BCUT2D eigenvalue weighted by Gasteiger charge is -2.26. The maximum Gasteiger partial charge on any atom is 0.414 e. The van der Waals surface area contributed by atoms with E-state index in [4.69, 9.17) is 17.0 Å². The first-order valence-corrected chi connectivity index (χ1v) is 12.3. The molecule has 1 atom stereocenters. The number of cyclic esters (lactones) is 1. The largest absolute Gasteiger partial charge is 0.442 e. The van der Waals surface area contributed by atoms with Crippen molar-refractivity contribution in [1.82, 2.24) is 30.5 Å². The number of hydrogen-bond donors (Lipinski definition) is 2. The summed E-state index contributed by atoms with van der Waals surface area (Å²) in [6.45, 7) is 4.70. The lowest BCUT2D eigenvalue weighted by atomic mass is 10.1. The number of likely N-dealkylation sites (tertiary alicyclic amines) is 1. The Morgan fingerprint density at radius 2 is 1.97 bits per heavy atom. The monoisotopic (exact) mass is 497 g/mol. The van der Waals surface area contributed by atoms with Crippen LogP contribution in [0.5, 0.6) is 0 Å². The minimum absolute atomic E-state index is 0.259. The molecular weight excluding hydrogens is 469 g/mol. The van der Waals surface area contributed by atoms with Gasteiger partial charge in [-0.15, -0.1) is 5.10 Å². The number of halogens is 1. The number of fused-ring (bicyclic) bond motifs is 1. The van der Waals surface area contributed by atoms with Gasteiger partial charge in [0, 0.05) is 13.1 Å². The van der Waals surface area contributed by atoms with Gasteiger partial charge in [0.2, 0.25) is 0 Å². The Morgan fingerprint density at radius 3 is 2.80 bits per heavy atom. The second-order valence-corrected chi connectivity index (χ2v) is 9.19. The lowest BCUT2D eigenvalue weighted by Crippen LogP contribution is -2.44. The van der Waals surface area contributed by atoms with Gasteiger partial charge in [0.15, 0.2) is 10.9 Å². The Labute approximate surface area is 208 Å². The predicted molar refractivity (Wildman–Crippen MR) is 135 cm³/mol. The summed E-state index contributed by atoms with van der Waals surface area (Å²) in [6.07, 6.45) is 2.92. The van der Waals surface area contributed by atoms with Gasteiger partial charge in [-0.25, -0.2) is 13.9 Å². The van der Waals surface area contributed by atoms with Crippen molar-refractivity contribution in [3.63, 3.8) is 0 Å². The van der Waals surface area contributed by atoms with Gasteiger partial charge in [0.1, 0.15) is 17.3 Å². The zero-order valence-electron chi connectivity index (χ0n) is 19.3. The van der Waals surface area contributed by atoms with Crippen LogP contribution in [0, 0.1) is 5.82 Å². The molecule has 2 aliphatic rings. The number of anilines is 1. The van der Waals surface area contributed by atoms with Gasteiger partial charge in [-0.05, 0) is 68.5 Å². The Hall–Kier alpha value is -3.31. The molecule has 0 radical (unpaired) electrons. The van der Waals surface area contributed by atoms with Gasteiger partial charge in [-0.2, -0.15) is 0 Å². The summed E-state index contributed by atoms with van der Waals surface area (Å²) < 4.78 is 21.9. The summed E-state index contributed by atoms with van der Waals surface area (Å²) in [5.41, 5.74) is 2.05. The van der Waals surface area contributed by atoms with E-state index in [2.05, 4.69) is 25.8 Å². The van der Waals surface area contributed by atoms with Crippen LogP contribution in [0.15, 0.2) is 42.5 Å². The van der Waals surface area contributed by atoms with Crippen molar-refractivity contribution in [3.05, 3.63) is 48.3 Å². The molecule has 0 saturated carbocycles. The number of para-hydroxylation sites is 1. The van der Waals surface area contributed by atoms with Crippen molar-refractivity contribution in [2.24, 2.45) is 0 Å². The van der Waals surface area contributed by atoms with Crippen LogP contribution < -0.4 is 15.5 Å². The first-order valence-electron chi connectivity index (χ1n) is 11.9. The third-order valence-electron chi connectivity index (χ3n) is 6.35. The average Bonchev–Trinajstić information content (AvgIpc) is 3.47. The minimum Gasteiger partial charge on any atom is -0.442 e. The topological polar surface area (TPSA) is 87.5 Å². The van der Waals surface area contributed by atoms with E-state index in [1.54, 1.807) is 12.1 Å². The summed E-state index contributed by atoms with van der Waals surface area (Å²) in [4.78, 5) is 16.3. The molecule has 2 aromatic carbocycles. The first kappa shape index (κ1) is 23.4. The summed E-state index contributed by atoms with van der Waals surface area (Å²) in [5, 5.41) is 15.0. The van der Waals surface area contributed by atoms with Crippen LogP contribution in [0.1, 0.15) is 19.3 Å². The maximum absolute atomic E-state index is 15.0. The molecule has 2 fully saturated rings. The fourth-order valence-electron chi connectivity index (χ4n) is 4.50. The summed E-state index contributed by atoms with van der Waals surface area (Å²) in [5.74, 6) is -0.508. The Morgan fingerprint density at radius 1 is 1.14 bits per heavy atom. The van der Waals surface area contributed by atoms with Crippen molar-refractivity contribution in [2.75, 3.05) is 44.2 Å². The molecule has 184 valence electrons. The Kier molecular flexibility index (Phi) is 7.05. The molecule has 35 heavy (non-hydrogen) atoms. The van der Waals surface area contributed by atoms with Crippen molar-refractivity contribution in [1.29, 1.82) is 0 Å². The fraction of sp³-hybridized carbons (Fsp3) is 0.417. The second-order valence-electron chi connectivity index (χ2n) is 8.78. The molecular formula is C24H28FN7O2S. The number of amides is 1. The number of benzene rings is 2. The maximum atomic E-state index is 15.0. The molecule has 3 heterocycles. The summed E-state index contributed by atoms with van der Waals surface area (Å²) in [7, 11) is 0. The average molecular weight is 498 g/mol. The number of rotatable bonds is 7. The molecule has 0 aliphatic carbocycles. The molecule has 1 aromatic heterocycles. The van der Waals surface area contributed by atoms with E-state index in [0.29, 0.717) is 34.9 Å². The van der Waals surface area contributed by atoms with Crippen molar-refractivity contribution in [2.45, 2.75) is 25.4 Å². The molecule has 11 heteroatoms. The fourth-order valence-corrected chi connectivity index (χ4v) is 4.69. The molecule has 2 N–H and O–H groups in total. The van der Waals surface area contributed by atoms with Crippen molar-refractivity contribution < 1.29 is 13.9 Å². The molecule has 9 nitrogen and oxygen atoms in total. The highest BCUT2D eigenvalue weighted by atomic mass is 32.1. The first-order chi connectivity index (χ1) is 17.1. The van der Waals surface area contributed by atoms with Crippen LogP contribution in [0.3, 0.4) is 0 Å². The number of carbonyl (C=O) groups excluding carboxylic acids is 1. The van der Waals surface area contributed by atoms with Gasteiger partial charge in [-0.1, -0.05) is 23.8 Å². The lowest BCUT2D eigenvalue weighted by molar-refractivity contribution is 0.142.